The van der Waals surface area contributed by atoms with E-state index in [4.69, 9.17) is 15.7 Å². The molecule has 0 amide bonds. The fraction of sp³-hybridized carbons (Fsp3) is 0.133. The fourth-order valence-corrected chi connectivity index (χ4v) is 3.08. The molecule has 0 aliphatic rings. The monoisotopic (exact) mass is 286 g/mol. The van der Waals surface area contributed by atoms with Gasteiger partial charge in [0.25, 0.3) is 0 Å². The van der Waals surface area contributed by atoms with Crippen LogP contribution in [0.3, 0.4) is 0 Å². The van der Waals surface area contributed by atoms with Gasteiger partial charge in [-0.15, -0.1) is 0 Å². The van der Waals surface area contributed by atoms with Crippen LogP contribution >= 0.6 is 0 Å². The average Bonchev–Trinajstić information content (AvgIpc) is 2.48. The molecule has 0 fully saturated rings. The van der Waals surface area contributed by atoms with Gasteiger partial charge in [-0.2, -0.15) is 5.26 Å². The number of rotatable bonds is 4. The molecule has 2 N–H and O–H groups in total. The molecule has 0 heterocycles. The number of hydrogen-bond acceptors (Lipinski definition) is 4. The molecule has 2 rings (SSSR count). The van der Waals surface area contributed by atoms with Crippen LogP contribution in [0.5, 0.6) is 5.75 Å². The molecule has 102 valence electrons. The van der Waals surface area contributed by atoms with Gasteiger partial charge in [0.2, 0.25) is 0 Å². The lowest BCUT2D eigenvalue weighted by molar-refractivity contribution is 0.413. The minimum absolute atomic E-state index is 0.251. The largest absolute Gasteiger partial charge is 0.497 e. The number of methoxy groups -OCH3 is 1. The van der Waals surface area contributed by atoms with Crippen LogP contribution in [0.1, 0.15) is 11.1 Å². The van der Waals surface area contributed by atoms with Crippen molar-refractivity contribution >= 4 is 16.5 Å². The predicted octanol–water partition coefficient (Wildman–Crippen LogP) is 2.46. The highest BCUT2D eigenvalue weighted by Gasteiger charge is 2.12. The first-order chi connectivity index (χ1) is 9.65. The van der Waals surface area contributed by atoms with Crippen molar-refractivity contribution in [3.63, 3.8) is 0 Å². The number of benzene rings is 2. The lowest BCUT2D eigenvalue weighted by Gasteiger charge is -2.09. The van der Waals surface area contributed by atoms with Crippen LogP contribution in [0.2, 0.25) is 0 Å². The van der Waals surface area contributed by atoms with Gasteiger partial charge in [-0.25, -0.2) is 0 Å². The molecule has 0 bridgehead atoms. The molecule has 0 spiro atoms. The third-order valence-corrected chi connectivity index (χ3v) is 4.31. The molecular formula is C15H14N2O2S. The first-order valence-electron chi connectivity index (χ1n) is 5.95. The predicted molar refractivity (Wildman–Crippen MR) is 78.7 cm³/mol. The molecule has 0 saturated carbocycles. The Bertz CT molecular complexity index is 693. The summed E-state index contributed by atoms with van der Waals surface area (Å²) >= 11 is 0. The highest BCUT2D eigenvalue weighted by molar-refractivity contribution is 7.84. The van der Waals surface area contributed by atoms with Gasteiger partial charge in [0.05, 0.1) is 40.2 Å². The van der Waals surface area contributed by atoms with E-state index in [1.807, 2.05) is 6.07 Å². The van der Waals surface area contributed by atoms with Gasteiger partial charge in [-0.3, -0.25) is 4.21 Å². The Kier molecular flexibility index (Phi) is 4.38. The Morgan fingerprint density at radius 3 is 2.75 bits per heavy atom. The molecule has 0 aliphatic carbocycles. The standard InChI is InChI=1S/C15H14N2O2S/c1-19-13-6-7-14(17)15(8-13)20(18)10-12-5-3-2-4-11(12)9-16/h2-8H,10,17H2,1H3. The number of nitrogens with two attached hydrogens (primary N) is 1. The number of nitrogen functional groups attached to an aromatic ring is 1. The maximum Gasteiger partial charge on any atom is 0.120 e. The lowest BCUT2D eigenvalue weighted by atomic mass is 10.1. The van der Waals surface area contributed by atoms with Crippen molar-refractivity contribution in [3.8, 4) is 11.8 Å². The van der Waals surface area contributed by atoms with E-state index in [9.17, 15) is 4.21 Å². The van der Waals surface area contributed by atoms with Crippen molar-refractivity contribution in [1.82, 2.24) is 0 Å². The first kappa shape index (κ1) is 14.1. The zero-order valence-corrected chi connectivity index (χ0v) is 11.8. The second kappa shape index (κ2) is 6.22. The van der Waals surface area contributed by atoms with Crippen molar-refractivity contribution < 1.29 is 8.95 Å². The molecule has 20 heavy (non-hydrogen) atoms. The van der Waals surface area contributed by atoms with Crippen molar-refractivity contribution in [3.05, 3.63) is 53.6 Å². The molecule has 0 aromatic heterocycles. The van der Waals surface area contributed by atoms with E-state index in [1.165, 1.54) is 0 Å². The molecule has 2 aromatic rings. The third-order valence-electron chi connectivity index (χ3n) is 2.89. The first-order valence-corrected chi connectivity index (χ1v) is 7.27. The molecule has 1 atom stereocenters. The quantitative estimate of drug-likeness (QED) is 0.876. The van der Waals surface area contributed by atoms with Gasteiger partial charge in [0.1, 0.15) is 5.75 Å². The van der Waals surface area contributed by atoms with E-state index in [0.717, 1.165) is 5.56 Å². The summed E-state index contributed by atoms with van der Waals surface area (Å²) in [6, 6.07) is 14.3. The van der Waals surface area contributed by atoms with E-state index in [2.05, 4.69) is 6.07 Å². The van der Waals surface area contributed by atoms with E-state index in [1.54, 1.807) is 43.5 Å². The van der Waals surface area contributed by atoms with Crippen LogP contribution in [0.15, 0.2) is 47.4 Å². The normalized spacial score (nSPS) is 11.6. The number of ether oxygens (including phenoxy) is 1. The number of nitriles is 1. The Labute approximate surface area is 120 Å². The second-order valence-corrected chi connectivity index (χ2v) is 5.58. The maximum atomic E-state index is 12.4. The van der Waals surface area contributed by atoms with Crippen LogP contribution in [0, 0.1) is 11.3 Å². The highest BCUT2D eigenvalue weighted by atomic mass is 32.2. The van der Waals surface area contributed by atoms with Crippen LogP contribution in [-0.4, -0.2) is 11.3 Å². The Morgan fingerprint density at radius 1 is 1.30 bits per heavy atom. The van der Waals surface area contributed by atoms with Gasteiger partial charge < -0.3 is 10.5 Å². The Morgan fingerprint density at radius 2 is 2.05 bits per heavy atom. The summed E-state index contributed by atoms with van der Waals surface area (Å²) in [5.41, 5.74) is 7.59. The summed E-state index contributed by atoms with van der Waals surface area (Å²) in [6.45, 7) is 0. The van der Waals surface area contributed by atoms with E-state index >= 15 is 0 Å². The smallest absolute Gasteiger partial charge is 0.120 e. The van der Waals surface area contributed by atoms with Crippen molar-refractivity contribution in [2.45, 2.75) is 10.6 Å². The summed E-state index contributed by atoms with van der Waals surface area (Å²) < 4.78 is 17.6. The number of anilines is 1. The van der Waals surface area contributed by atoms with Gasteiger partial charge in [0.15, 0.2) is 0 Å². The number of hydrogen-bond donors (Lipinski definition) is 1. The van der Waals surface area contributed by atoms with Gasteiger partial charge >= 0.3 is 0 Å². The fourth-order valence-electron chi connectivity index (χ4n) is 1.81. The van der Waals surface area contributed by atoms with Crippen molar-refractivity contribution in [1.29, 1.82) is 5.26 Å². The Hall–Kier alpha value is -2.32. The minimum Gasteiger partial charge on any atom is -0.497 e. The second-order valence-electron chi connectivity index (χ2n) is 4.16. The Balaban J connectivity index is 2.31. The average molecular weight is 286 g/mol. The van der Waals surface area contributed by atoms with Crippen LogP contribution < -0.4 is 10.5 Å². The summed E-state index contributed by atoms with van der Waals surface area (Å²) in [5.74, 6) is 0.859. The molecule has 5 heteroatoms. The lowest BCUT2D eigenvalue weighted by Crippen LogP contribution is -2.02. The van der Waals surface area contributed by atoms with E-state index < -0.39 is 10.8 Å². The zero-order valence-electron chi connectivity index (χ0n) is 11.0. The molecule has 4 nitrogen and oxygen atoms in total. The maximum absolute atomic E-state index is 12.4. The van der Waals surface area contributed by atoms with Gasteiger partial charge in [-0.1, -0.05) is 18.2 Å². The van der Waals surface area contributed by atoms with Gasteiger partial charge in [-0.05, 0) is 29.8 Å². The molecule has 0 saturated heterocycles. The van der Waals surface area contributed by atoms with Crippen LogP contribution in [-0.2, 0) is 16.6 Å². The molecule has 0 radical (unpaired) electrons. The minimum atomic E-state index is -1.33. The molecule has 0 aliphatic heterocycles. The SMILES string of the molecule is COc1ccc(N)c(S(=O)Cc2ccccc2C#N)c1. The molecule has 2 aromatic carbocycles. The van der Waals surface area contributed by atoms with Crippen molar-refractivity contribution in [2.24, 2.45) is 0 Å². The topological polar surface area (TPSA) is 76.1 Å². The van der Waals surface area contributed by atoms with E-state index in [-0.39, 0.29) is 5.75 Å². The zero-order chi connectivity index (χ0) is 14.5. The van der Waals surface area contributed by atoms with Crippen LogP contribution in [0.25, 0.3) is 0 Å². The van der Waals surface area contributed by atoms with E-state index in [0.29, 0.717) is 21.9 Å². The number of nitrogens with zero attached hydrogens (tertiary/aromatic N) is 1. The molecule has 1 unspecified atom stereocenters. The van der Waals surface area contributed by atoms with Crippen molar-refractivity contribution in [2.75, 3.05) is 12.8 Å². The summed E-state index contributed by atoms with van der Waals surface area (Å²) in [7, 11) is 0.219. The summed E-state index contributed by atoms with van der Waals surface area (Å²) in [6.07, 6.45) is 0. The highest BCUT2D eigenvalue weighted by Crippen LogP contribution is 2.25. The van der Waals surface area contributed by atoms with Crippen LogP contribution in [0.4, 0.5) is 5.69 Å². The third kappa shape index (κ3) is 2.98. The summed E-state index contributed by atoms with van der Waals surface area (Å²) in [4.78, 5) is 0.525. The summed E-state index contributed by atoms with van der Waals surface area (Å²) in [5, 5.41) is 9.05. The van der Waals surface area contributed by atoms with Gasteiger partial charge in [0, 0.05) is 5.69 Å². The molecular weight excluding hydrogens is 272 g/mol.